The van der Waals surface area contributed by atoms with Crippen molar-refractivity contribution < 1.29 is 29.3 Å². The summed E-state index contributed by atoms with van der Waals surface area (Å²) in [5.74, 6) is -2.14. The Morgan fingerprint density at radius 1 is 1.25 bits per heavy atom. The van der Waals surface area contributed by atoms with Crippen LogP contribution in [0.3, 0.4) is 0 Å². The molecule has 0 spiro atoms. The third kappa shape index (κ3) is 2.17. The van der Waals surface area contributed by atoms with Crippen molar-refractivity contribution in [3.05, 3.63) is 23.6 Å². The highest BCUT2D eigenvalue weighted by Crippen LogP contribution is 2.67. The molecular weight excluding hydrogens is 363 g/mol. The number of Topliss-reactive ketones (excluding diaryl/α,β-unsaturated/α-hetero) is 1. The van der Waals surface area contributed by atoms with Crippen LogP contribution in [-0.4, -0.2) is 45.2 Å². The van der Waals surface area contributed by atoms with Crippen molar-refractivity contribution in [2.45, 2.75) is 58.2 Å². The van der Waals surface area contributed by atoms with E-state index in [1.165, 1.54) is 6.08 Å². The van der Waals surface area contributed by atoms with Gasteiger partial charge < -0.3 is 15.3 Å². The van der Waals surface area contributed by atoms with E-state index in [0.29, 0.717) is 24.8 Å². The van der Waals surface area contributed by atoms with Crippen LogP contribution in [0.25, 0.3) is 0 Å². The van der Waals surface area contributed by atoms with E-state index < -0.39 is 52.5 Å². The summed E-state index contributed by atoms with van der Waals surface area (Å²) in [6, 6.07) is 0. The normalized spacial score (nSPS) is 50.2. The van der Waals surface area contributed by atoms with Crippen molar-refractivity contribution in [2.24, 2.45) is 34.5 Å². The highest BCUT2D eigenvalue weighted by atomic mass is 19.1. The van der Waals surface area contributed by atoms with E-state index in [2.05, 4.69) is 0 Å². The predicted octanol–water partition coefficient (Wildman–Crippen LogP) is 2.10. The summed E-state index contributed by atoms with van der Waals surface area (Å²) in [4.78, 5) is 24.5. The Bertz CT molecular complexity index is 803. The zero-order valence-corrected chi connectivity index (χ0v) is 16.6. The minimum Gasteiger partial charge on any atom is -0.388 e. The maximum atomic E-state index is 15.2. The highest BCUT2D eigenvalue weighted by Gasteiger charge is 2.67. The summed E-state index contributed by atoms with van der Waals surface area (Å²) in [5.41, 5.74) is -2.62. The van der Waals surface area contributed by atoms with Gasteiger partial charge in [-0.25, -0.2) is 4.39 Å². The summed E-state index contributed by atoms with van der Waals surface area (Å²) in [5, 5.41) is 31.0. The van der Waals surface area contributed by atoms with Crippen LogP contribution in [0, 0.1) is 34.5 Å². The molecule has 5 nitrogen and oxygen atoms in total. The molecule has 0 aromatic rings. The van der Waals surface area contributed by atoms with Crippen LogP contribution in [0.15, 0.2) is 23.6 Å². The molecule has 0 aromatic carbocycles. The first-order chi connectivity index (χ1) is 13.0. The number of halogens is 1. The van der Waals surface area contributed by atoms with Crippen molar-refractivity contribution in [1.82, 2.24) is 0 Å². The summed E-state index contributed by atoms with van der Waals surface area (Å²) in [6.45, 7) is 4.93. The van der Waals surface area contributed by atoms with Gasteiger partial charge in [0, 0.05) is 10.8 Å². The zero-order chi connectivity index (χ0) is 20.6. The standard InChI is InChI=1S/C22H29FO5/c1-11-19(27)17(25)9-15-16(23)8-12-13-5-7-22(28,18(26)10-24)20(13,2)6-4-14(12)21(11,15)3/h8-9,11-14,19,24,27-28H,4-7,10H2,1-3H3/t11?,12-,13-,14-,19?,20-,21+,22-/m0/s1. The lowest BCUT2D eigenvalue weighted by Crippen LogP contribution is -2.59. The van der Waals surface area contributed by atoms with E-state index in [1.807, 2.05) is 13.8 Å². The number of allylic oxidation sites excluding steroid dienone is 3. The van der Waals surface area contributed by atoms with Crippen molar-refractivity contribution in [3.63, 3.8) is 0 Å². The first-order valence-corrected chi connectivity index (χ1v) is 10.2. The molecule has 0 aromatic heterocycles. The second kappa shape index (κ2) is 6.07. The van der Waals surface area contributed by atoms with Crippen LogP contribution in [-0.2, 0) is 9.59 Å². The Balaban J connectivity index is 1.81. The quantitative estimate of drug-likeness (QED) is 0.669. The van der Waals surface area contributed by atoms with Gasteiger partial charge in [0.15, 0.2) is 11.6 Å². The first kappa shape index (κ1) is 19.9. The largest absolute Gasteiger partial charge is 0.388 e. The number of rotatable bonds is 2. The topological polar surface area (TPSA) is 94.8 Å². The molecule has 6 heteroatoms. The fourth-order valence-electron chi connectivity index (χ4n) is 7.06. The molecule has 3 N–H and O–H groups in total. The molecule has 2 saturated carbocycles. The maximum Gasteiger partial charge on any atom is 0.190 e. The van der Waals surface area contributed by atoms with E-state index in [9.17, 15) is 24.9 Å². The number of fused-ring (bicyclic) bond motifs is 5. The minimum atomic E-state index is -1.59. The Hall–Kier alpha value is -1.37. The number of hydrogen-bond donors (Lipinski definition) is 3. The third-order valence-electron chi connectivity index (χ3n) is 9.03. The second-order valence-corrected chi connectivity index (χ2v) is 9.72. The Kier molecular flexibility index (Phi) is 4.32. The van der Waals surface area contributed by atoms with Gasteiger partial charge in [0.05, 0.1) is 0 Å². The zero-order valence-electron chi connectivity index (χ0n) is 16.6. The smallest absolute Gasteiger partial charge is 0.190 e. The fraction of sp³-hybridized carbons (Fsp3) is 0.727. The lowest BCUT2D eigenvalue weighted by molar-refractivity contribution is -0.163. The van der Waals surface area contributed by atoms with Gasteiger partial charge in [0.2, 0.25) is 0 Å². The van der Waals surface area contributed by atoms with Crippen LogP contribution in [0.5, 0.6) is 0 Å². The molecule has 0 bridgehead atoms. The number of carbonyl (C=O) groups excluding carboxylic acids is 2. The number of aliphatic hydroxyl groups excluding tert-OH is 2. The summed E-state index contributed by atoms with van der Waals surface area (Å²) >= 11 is 0. The average molecular weight is 392 g/mol. The average Bonchev–Trinajstić information content (AvgIpc) is 2.94. The Labute approximate surface area is 164 Å². The van der Waals surface area contributed by atoms with Crippen molar-refractivity contribution >= 4 is 11.6 Å². The van der Waals surface area contributed by atoms with E-state index in [4.69, 9.17) is 0 Å². The minimum absolute atomic E-state index is 0.0145. The van der Waals surface area contributed by atoms with Gasteiger partial charge in [0.25, 0.3) is 0 Å². The van der Waals surface area contributed by atoms with Gasteiger partial charge in [-0.3, -0.25) is 9.59 Å². The van der Waals surface area contributed by atoms with Crippen LogP contribution in [0.4, 0.5) is 4.39 Å². The van der Waals surface area contributed by atoms with Crippen molar-refractivity contribution in [1.29, 1.82) is 0 Å². The van der Waals surface area contributed by atoms with Crippen LogP contribution in [0.2, 0.25) is 0 Å². The van der Waals surface area contributed by atoms with E-state index in [-0.39, 0.29) is 24.2 Å². The molecule has 0 aliphatic heterocycles. The molecule has 0 amide bonds. The van der Waals surface area contributed by atoms with Gasteiger partial charge in [-0.2, -0.15) is 0 Å². The van der Waals surface area contributed by atoms with Gasteiger partial charge in [0.1, 0.15) is 24.1 Å². The Morgan fingerprint density at radius 3 is 2.54 bits per heavy atom. The molecule has 4 aliphatic rings. The van der Waals surface area contributed by atoms with Gasteiger partial charge in [-0.15, -0.1) is 0 Å². The molecule has 4 rings (SSSR count). The third-order valence-corrected chi connectivity index (χ3v) is 9.03. The number of aliphatic hydroxyl groups is 3. The Morgan fingerprint density at radius 2 is 1.89 bits per heavy atom. The van der Waals surface area contributed by atoms with Crippen molar-refractivity contribution in [2.75, 3.05) is 6.61 Å². The van der Waals surface area contributed by atoms with Gasteiger partial charge >= 0.3 is 0 Å². The molecule has 8 atom stereocenters. The lowest BCUT2D eigenvalue weighted by Gasteiger charge is -2.59. The van der Waals surface area contributed by atoms with Crippen LogP contribution >= 0.6 is 0 Å². The van der Waals surface area contributed by atoms with E-state index in [1.54, 1.807) is 13.0 Å². The molecule has 4 aliphatic carbocycles. The number of hydrogen-bond acceptors (Lipinski definition) is 5. The fourth-order valence-corrected chi connectivity index (χ4v) is 7.06. The first-order valence-electron chi connectivity index (χ1n) is 10.2. The van der Waals surface area contributed by atoms with Crippen LogP contribution in [0.1, 0.15) is 46.5 Å². The summed E-state index contributed by atoms with van der Waals surface area (Å²) < 4.78 is 15.2. The molecule has 28 heavy (non-hydrogen) atoms. The number of ketones is 2. The molecule has 2 unspecified atom stereocenters. The molecule has 154 valence electrons. The van der Waals surface area contributed by atoms with E-state index >= 15 is 4.39 Å². The highest BCUT2D eigenvalue weighted by molar-refractivity contribution is 5.96. The van der Waals surface area contributed by atoms with Gasteiger partial charge in [-0.05, 0) is 67.1 Å². The molecular formula is C22H29FO5. The lowest BCUT2D eigenvalue weighted by atomic mass is 9.45. The SMILES string of the molecule is CC1C(O)C(=O)C=C2C(F)=C[C@H]3[C@@H]4CC[C@](O)(C(=O)CO)[C@@]4(C)CC[C@@H]3[C@]21C. The molecule has 0 heterocycles. The van der Waals surface area contributed by atoms with Crippen molar-refractivity contribution in [3.8, 4) is 0 Å². The predicted molar refractivity (Wildman–Crippen MR) is 99.6 cm³/mol. The number of carbonyl (C=O) groups is 2. The monoisotopic (exact) mass is 392 g/mol. The van der Waals surface area contributed by atoms with Crippen LogP contribution < -0.4 is 0 Å². The molecule has 0 saturated heterocycles. The summed E-state index contributed by atoms with van der Waals surface area (Å²) in [6.07, 6.45) is 3.77. The second-order valence-electron chi connectivity index (χ2n) is 9.72. The maximum absolute atomic E-state index is 15.2. The molecule has 2 fully saturated rings. The van der Waals surface area contributed by atoms with E-state index in [0.717, 1.165) is 0 Å². The van der Waals surface area contributed by atoms with Gasteiger partial charge in [-0.1, -0.05) is 20.8 Å². The summed E-state index contributed by atoms with van der Waals surface area (Å²) in [7, 11) is 0. The molecule has 0 radical (unpaired) electrons.